The second kappa shape index (κ2) is 12.8. The summed E-state index contributed by atoms with van der Waals surface area (Å²) in [6.07, 6.45) is 2.81. The fraction of sp³-hybridized carbons (Fsp3) is 0.160. The second-order valence-corrected chi connectivity index (χ2v) is 7.41. The molecular formula is C25H25F3N6O2. The highest BCUT2D eigenvalue weighted by Crippen LogP contribution is 2.29. The number of nitrogens with one attached hydrogen (secondary N) is 1. The van der Waals surface area contributed by atoms with Crippen LogP contribution in [0.5, 0.6) is 0 Å². The SMILES string of the molecule is CNc1ccc(C)c(-c2cncc(-c3ccnc(C(N)=O)c3)c2)c1.N/C=C(/C=O)C=NCC(F)(F)F. The molecule has 8 nitrogen and oxygen atoms in total. The van der Waals surface area contributed by atoms with E-state index in [0.29, 0.717) is 6.29 Å². The van der Waals surface area contributed by atoms with Crippen LogP contribution in [0.3, 0.4) is 0 Å². The van der Waals surface area contributed by atoms with Crippen molar-refractivity contribution in [1.82, 2.24) is 9.97 Å². The number of rotatable bonds is 7. The molecule has 0 atom stereocenters. The number of pyridine rings is 2. The summed E-state index contributed by atoms with van der Waals surface area (Å²) in [5.74, 6) is -0.543. The molecular weight excluding hydrogens is 473 g/mol. The average Bonchev–Trinajstić information content (AvgIpc) is 2.87. The van der Waals surface area contributed by atoms with Gasteiger partial charge in [0.05, 0.1) is 0 Å². The molecule has 0 radical (unpaired) electrons. The number of nitrogens with two attached hydrogens (primary N) is 2. The van der Waals surface area contributed by atoms with Crippen molar-refractivity contribution in [2.75, 3.05) is 18.9 Å². The number of alkyl halides is 3. The molecule has 1 aromatic carbocycles. The number of hydrogen-bond acceptors (Lipinski definition) is 7. The first-order valence-corrected chi connectivity index (χ1v) is 10.5. The summed E-state index contributed by atoms with van der Waals surface area (Å²) in [4.78, 5) is 32.6. The number of primary amides is 1. The lowest BCUT2D eigenvalue weighted by molar-refractivity contribution is -0.118. The highest BCUT2D eigenvalue weighted by Gasteiger charge is 2.25. The lowest BCUT2D eigenvalue weighted by atomic mass is 9.98. The van der Waals surface area contributed by atoms with Crippen LogP contribution < -0.4 is 16.8 Å². The maximum absolute atomic E-state index is 11.5. The van der Waals surface area contributed by atoms with Crippen LogP contribution in [-0.4, -0.2) is 48.1 Å². The van der Waals surface area contributed by atoms with Crippen LogP contribution in [0.2, 0.25) is 0 Å². The molecule has 0 aliphatic rings. The summed E-state index contributed by atoms with van der Waals surface area (Å²) in [7, 11) is 1.89. The molecule has 0 bridgehead atoms. The minimum absolute atomic E-state index is 0.0840. The molecule has 188 valence electrons. The maximum Gasteiger partial charge on any atom is 0.407 e. The van der Waals surface area contributed by atoms with Gasteiger partial charge in [-0.2, -0.15) is 13.2 Å². The van der Waals surface area contributed by atoms with Crippen LogP contribution in [0, 0.1) is 6.92 Å². The van der Waals surface area contributed by atoms with Gasteiger partial charge in [0.25, 0.3) is 5.91 Å². The Labute approximate surface area is 206 Å². The normalized spacial score (nSPS) is 11.5. The Hall–Kier alpha value is -4.54. The van der Waals surface area contributed by atoms with E-state index in [-0.39, 0.29) is 11.3 Å². The number of allylic oxidation sites excluding steroid dienone is 1. The molecule has 0 aliphatic heterocycles. The largest absolute Gasteiger partial charge is 0.407 e. The number of aldehydes is 1. The summed E-state index contributed by atoms with van der Waals surface area (Å²) < 4.78 is 34.4. The average molecular weight is 499 g/mol. The number of halogens is 3. The van der Waals surface area contributed by atoms with Gasteiger partial charge in [-0.3, -0.25) is 24.5 Å². The third-order valence-corrected chi connectivity index (χ3v) is 4.76. The third kappa shape index (κ3) is 8.35. The Morgan fingerprint density at radius 2 is 1.83 bits per heavy atom. The van der Waals surface area contributed by atoms with E-state index in [9.17, 15) is 22.8 Å². The highest BCUT2D eigenvalue weighted by atomic mass is 19.4. The molecule has 0 aliphatic carbocycles. The van der Waals surface area contributed by atoms with Crippen LogP contribution in [0.15, 0.2) is 71.8 Å². The third-order valence-electron chi connectivity index (χ3n) is 4.76. The standard InChI is InChI=1S/C19H18N4O.C6H7F3N2O/c1-12-3-4-16(21-2)9-17(12)15-7-14(10-22-11-15)13-5-6-23-18(8-13)19(20)24;7-6(8,9)4-11-2-5(1-10)3-12/h3-11,21H,1-2H3,(H2,20,24);1-3H,4,10H2/b;5-1+,11-2?. The zero-order chi connectivity index (χ0) is 26.7. The van der Waals surface area contributed by atoms with Gasteiger partial charge in [0, 0.05) is 60.4 Å². The number of benzene rings is 1. The second-order valence-electron chi connectivity index (χ2n) is 7.41. The van der Waals surface area contributed by atoms with Crippen molar-refractivity contribution >= 4 is 24.1 Å². The number of amides is 1. The predicted molar refractivity (Wildman–Crippen MR) is 133 cm³/mol. The smallest absolute Gasteiger partial charge is 0.404 e. The van der Waals surface area contributed by atoms with Gasteiger partial charge in [0.15, 0.2) is 6.29 Å². The fourth-order valence-corrected chi connectivity index (χ4v) is 2.95. The molecule has 11 heteroatoms. The molecule has 3 aromatic rings. The number of anilines is 1. The van der Waals surface area contributed by atoms with Gasteiger partial charge in [-0.05, 0) is 53.9 Å². The molecule has 2 heterocycles. The minimum atomic E-state index is -4.35. The minimum Gasteiger partial charge on any atom is -0.404 e. The van der Waals surface area contributed by atoms with Gasteiger partial charge in [0.2, 0.25) is 0 Å². The number of aromatic nitrogens is 2. The van der Waals surface area contributed by atoms with Crippen molar-refractivity contribution in [3.8, 4) is 22.3 Å². The van der Waals surface area contributed by atoms with Crippen LogP contribution >= 0.6 is 0 Å². The molecule has 0 fully saturated rings. The number of nitrogens with zero attached hydrogens (tertiary/aromatic N) is 3. The van der Waals surface area contributed by atoms with E-state index >= 15 is 0 Å². The topological polar surface area (TPSA) is 136 Å². The molecule has 3 rings (SSSR count). The van der Waals surface area contributed by atoms with Crippen molar-refractivity contribution in [2.45, 2.75) is 13.1 Å². The number of aliphatic imine (C=N–C) groups is 1. The van der Waals surface area contributed by atoms with Crippen LogP contribution in [-0.2, 0) is 4.79 Å². The molecule has 1 amide bonds. The number of carbonyl (C=O) groups excluding carboxylic acids is 2. The van der Waals surface area contributed by atoms with Crippen LogP contribution in [0.25, 0.3) is 22.3 Å². The summed E-state index contributed by atoms with van der Waals surface area (Å²) in [6, 6.07) is 11.8. The summed E-state index contributed by atoms with van der Waals surface area (Å²) in [5.41, 5.74) is 16.4. The van der Waals surface area contributed by atoms with E-state index < -0.39 is 18.6 Å². The predicted octanol–water partition coefficient (Wildman–Crippen LogP) is 3.92. The quantitative estimate of drug-likeness (QED) is 0.257. The van der Waals surface area contributed by atoms with Crippen molar-refractivity contribution in [3.63, 3.8) is 0 Å². The number of hydrogen-bond donors (Lipinski definition) is 3. The monoisotopic (exact) mass is 498 g/mol. The van der Waals surface area contributed by atoms with Gasteiger partial charge in [-0.1, -0.05) is 6.07 Å². The van der Waals surface area contributed by atoms with Crippen LogP contribution in [0.4, 0.5) is 18.9 Å². The van der Waals surface area contributed by atoms with Gasteiger partial charge >= 0.3 is 6.18 Å². The van der Waals surface area contributed by atoms with Crippen molar-refractivity contribution in [3.05, 3.63) is 78.0 Å². The van der Waals surface area contributed by atoms with E-state index in [0.717, 1.165) is 40.4 Å². The summed E-state index contributed by atoms with van der Waals surface area (Å²) in [6.45, 7) is 0.761. The van der Waals surface area contributed by atoms with Crippen molar-refractivity contribution in [1.29, 1.82) is 0 Å². The Morgan fingerprint density at radius 1 is 1.11 bits per heavy atom. The Kier molecular flexibility index (Phi) is 9.84. The zero-order valence-electron chi connectivity index (χ0n) is 19.6. The molecule has 0 saturated carbocycles. The van der Waals surface area contributed by atoms with E-state index in [2.05, 4.69) is 45.4 Å². The molecule has 0 unspecified atom stereocenters. The lowest BCUT2D eigenvalue weighted by Gasteiger charge is -2.10. The van der Waals surface area contributed by atoms with Crippen molar-refractivity contribution < 1.29 is 22.8 Å². The molecule has 0 spiro atoms. The first-order valence-electron chi connectivity index (χ1n) is 10.5. The summed E-state index contributed by atoms with van der Waals surface area (Å²) in [5, 5.41) is 3.15. The molecule has 5 N–H and O–H groups in total. The zero-order valence-corrected chi connectivity index (χ0v) is 19.6. The van der Waals surface area contributed by atoms with Gasteiger partial charge in [-0.25, -0.2) is 0 Å². The van der Waals surface area contributed by atoms with Crippen molar-refractivity contribution in [2.24, 2.45) is 16.5 Å². The fourth-order valence-electron chi connectivity index (χ4n) is 2.95. The van der Waals surface area contributed by atoms with E-state index in [1.807, 2.05) is 25.4 Å². The summed E-state index contributed by atoms with van der Waals surface area (Å²) >= 11 is 0. The van der Waals surface area contributed by atoms with Gasteiger partial charge < -0.3 is 16.8 Å². The Morgan fingerprint density at radius 3 is 2.44 bits per heavy atom. The first-order chi connectivity index (χ1) is 17.1. The first kappa shape index (κ1) is 27.7. The van der Waals surface area contributed by atoms with Gasteiger partial charge in [-0.15, -0.1) is 0 Å². The maximum atomic E-state index is 11.5. The number of carbonyl (C=O) groups is 2. The molecule has 2 aromatic heterocycles. The molecule has 36 heavy (non-hydrogen) atoms. The molecule has 0 saturated heterocycles. The van der Waals surface area contributed by atoms with E-state index in [4.69, 9.17) is 11.5 Å². The van der Waals surface area contributed by atoms with Gasteiger partial charge in [0.1, 0.15) is 12.2 Å². The highest BCUT2D eigenvalue weighted by molar-refractivity contribution is 6.01. The number of aryl methyl sites for hydroxylation is 1. The Balaban J connectivity index is 0.000000324. The Bertz CT molecular complexity index is 1270. The van der Waals surface area contributed by atoms with E-state index in [1.54, 1.807) is 18.5 Å². The lowest BCUT2D eigenvalue weighted by Crippen LogP contribution is -2.12. The van der Waals surface area contributed by atoms with E-state index in [1.165, 1.54) is 5.56 Å². The van der Waals surface area contributed by atoms with Crippen LogP contribution in [0.1, 0.15) is 16.1 Å².